The first-order valence-electron chi connectivity index (χ1n) is 8.87. The van der Waals surface area contributed by atoms with Gasteiger partial charge in [0, 0.05) is 18.9 Å². The van der Waals surface area contributed by atoms with Crippen molar-refractivity contribution in [1.82, 2.24) is 24.5 Å². The van der Waals surface area contributed by atoms with Crippen LogP contribution in [0.3, 0.4) is 0 Å². The molecule has 1 aromatic carbocycles. The van der Waals surface area contributed by atoms with Crippen LogP contribution in [0.25, 0.3) is 5.65 Å². The standard InChI is InChI=1S/C18H24ClN5O2S/c1-5-15(25-14-8-6-7-11(2)9-14)26-27-20-10-12(3)17-21-18-16(19)13(4)22-24(18)23-17/h6-9,12,15,20,22H,5,10H2,1-4H3. The molecule has 0 saturated carbocycles. The Morgan fingerprint density at radius 2 is 2.19 bits per heavy atom. The number of hydrogen-bond donors (Lipinski definition) is 2. The summed E-state index contributed by atoms with van der Waals surface area (Å²) in [6.45, 7) is 8.64. The van der Waals surface area contributed by atoms with Crippen LogP contribution in [0.4, 0.5) is 0 Å². The van der Waals surface area contributed by atoms with E-state index in [0.717, 1.165) is 29.3 Å². The molecule has 146 valence electrons. The average molecular weight is 410 g/mol. The molecule has 3 aromatic rings. The second-order valence-corrected chi connectivity index (χ2v) is 7.48. The highest BCUT2D eigenvalue weighted by molar-refractivity contribution is 7.92. The van der Waals surface area contributed by atoms with Crippen molar-refractivity contribution in [3.63, 3.8) is 0 Å². The number of aromatic nitrogens is 4. The number of hydrogen-bond acceptors (Lipinski definition) is 6. The third-order valence-electron chi connectivity index (χ3n) is 4.06. The van der Waals surface area contributed by atoms with Gasteiger partial charge in [0.05, 0.1) is 17.9 Å². The first-order valence-corrected chi connectivity index (χ1v) is 9.99. The van der Waals surface area contributed by atoms with Crippen LogP contribution in [0.5, 0.6) is 5.75 Å². The Balaban J connectivity index is 1.46. The van der Waals surface area contributed by atoms with Gasteiger partial charge in [0.15, 0.2) is 11.5 Å². The number of rotatable bonds is 9. The molecule has 0 bridgehead atoms. The SMILES string of the molecule is CCC(OSNCC(C)c1nc2c(Cl)c(C)[nH]n2n1)Oc1cccc(C)c1. The van der Waals surface area contributed by atoms with E-state index in [1.165, 1.54) is 12.2 Å². The third kappa shape index (κ3) is 4.95. The quantitative estimate of drug-likeness (QED) is 0.236. The lowest BCUT2D eigenvalue weighted by Gasteiger charge is -2.17. The molecule has 0 saturated heterocycles. The Bertz CT molecular complexity index is 897. The van der Waals surface area contributed by atoms with Crippen LogP contribution >= 0.6 is 23.8 Å². The van der Waals surface area contributed by atoms with Gasteiger partial charge in [-0.15, -0.1) is 5.10 Å². The number of fused-ring (bicyclic) bond motifs is 1. The lowest BCUT2D eigenvalue weighted by molar-refractivity contribution is 0.0195. The minimum Gasteiger partial charge on any atom is -0.464 e. The molecule has 0 aliphatic carbocycles. The van der Waals surface area contributed by atoms with E-state index in [1.807, 2.05) is 52.0 Å². The van der Waals surface area contributed by atoms with Crippen LogP contribution in [-0.2, 0) is 4.18 Å². The minimum atomic E-state index is -0.328. The van der Waals surface area contributed by atoms with E-state index in [-0.39, 0.29) is 12.2 Å². The number of nitrogens with one attached hydrogen (secondary N) is 2. The second-order valence-electron chi connectivity index (χ2n) is 6.46. The van der Waals surface area contributed by atoms with E-state index >= 15 is 0 Å². The maximum atomic E-state index is 6.21. The van der Waals surface area contributed by atoms with Gasteiger partial charge in [0.25, 0.3) is 0 Å². The highest BCUT2D eigenvalue weighted by atomic mass is 35.5. The van der Waals surface area contributed by atoms with Crippen molar-refractivity contribution in [2.45, 2.75) is 46.3 Å². The molecule has 0 aliphatic heterocycles. The predicted molar refractivity (Wildman–Crippen MR) is 108 cm³/mol. The van der Waals surface area contributed by atoms with Gasteiger partial charge in [-0.1, -0.05) is 37.6 Å². The highest BCUT2D eigenvalue weighted by Gasteiger charge is 2.17. The summed E-state index contributed by atoms with van der Waals surface area (Å²) in [4.78, 5) is 4.50. The molecule has 27 heavy (non-hydrogen) atoms. The Morgan fingerprint density at radius 3 is 2.89 bits per heavy atom. The van der Waals surface area contributed by atoms with Crippen LogP contribution in [-0.4, -0.2) is 32.6 Å². The van der Waals surface area contributed by atoms with E-state index in [4.69, 9.17) is 20.5 Å². The van der Waals surface area contributed by atoms with Gasteiger partial charge in [0.2, 0.25) is 6.29 Å². The van der Waals surface area contributed by atoms with Crippen molar-refractivity contribution in [1.29, 1.82) is 0 Å². The number of aryl methyl sites for hydroxylation is 2. The van der Waals surface area contributed by atoms with Crippen LogP contribution in [0, 0.1) is 13.8 Å². The number of nitrogens with zero attached hydrogens (tertiary/aromatic N) is 3. The van der Waals surface area contributed by atoms with Crippen LogP contribution in [0.15, 0.2) is 24.3 Å². The molecule has 2 atom stereocenters. The van der Waals surface area contributed by atoms with Crippen molar-refractivity contribution in [3.8, 4) is 5.75 Å². The molecule has 2 heterocycles. The molecular weight excluding hydrogens is 386 g/mol. The lowest BCUT2D eigenvalue weighted by Crippen LogP contribution is -2.21. The van der Waals surface area contributed by atoms with Gasteiger partial charge < -0.3 is 4.74 Å². The summed E-state index contributed by atoms with van der Waals surface area (Å²) < 4.78 is 16.4. The summed E-state index contributed by atoms with van der Waals surface area (Å²) in [7, 11) is 0. The molecule has 2 aromatic heterocycles. The van der Waals surface area contributed by atoms with Crippen LogP contribution in [0.2, 0.25) is 5.02 Å². The topological polar surface area (TPSA) is 76.5 Å². The zero-order valence-electron chi connectivity index (χ0n) is 15.8. The zero-order chi connectivity index (χ0) is 19.4. The molecule has 3 rings (SSSR count). The molecule has 0 fully saturated rings. The Morgan fingerprint density at radius 1 is 1.37 bits per heavy atom. The number of aromatic amines is 1. The fraction of sp³-hybridized carbons (Fsp3) is 0.444. The Hall–Kier alpha value is -1.74. The summed E-state index contributed by atoms with van der Waals surface area (Å²) in [5, 5.41) is 8.10. The largest absolute Gasteiger partial charge is 0.464 e. The summed E-state index contributed by atoms with van der Waals surface area (Å²) in [5.41, 5.74) is 2.66. The minimum absolute atomic E-state index is 0.101. The maximum absolute atomic E-state index is 6.21. The number of halogens is 1. The van der Waals surface area contributed by atoms with Gasteiger partial charge in [0.1, 0.15) is 10.8 Å². The van der Waals surface area contributed by atoms with Gasteiger partial charge >= 0.3 is 0 Å². The number of ether oxygens (including phenoxy) is 1. The van der Waals surface area contributed by atoms with Gasteiger partial charge in [-0.3, -0.25) is 9.28 Å². The fourth-order valence-corrected chi connectivity index (χ4v) is 3.32. The fourth-order valence-electron chi connectivity index (χ4n) is 2.48. The van der Waals surface area contributed by atoms with Crippen LogP contribution < -0.4 is 9.46 Å². The van der Waals surface area contributed by atoms with E-state index in [1.54, 1.807) is 4.63 Å². The van der Waals surface area contributed by atoms with Crippen molar-refractivity contribution in [3.05, 3.63) is 46.4 Å². The first kappa shape index (κ1) is 20.0. The number of H-pyrrole nitrogens is 1. The van der Waals surface area contributed by atoms with E-state index in [2.05, 4.69) is 19.9 Å². The molecule has 0 aliphatic rings. The van der Waals surface area contributed by atoms with Crippen molar-refractivity contribution >= 4 is 29.5 Å². The smallest absolute Gasteiger partial charge is 0.213 e. The Labute approximate surface area is 168 Å². The van der Waals surface area contributed by atoms with E-state index < -0.39 is 0 Å². The monoisotopic (exact) mass is 409 g/mol. The summed E-state index contributed by atoms with van der Waals surface area (Å²) in [6, 6.07) is 7.92. The maximum Gasteiger partial charge on any atom is 0.213 e. The average Bonchev–Trinajstić information content (AvgIpc) is 3.17. The molecular formula is C18H24ClN5O2S. The normalized spacial score (nSPS) is 13.8. The zero-order valence-corrected chi connectivity index (χ0v) is 17.4. The highest BCUT2D eigenvalue weighted by Crippen LogP contribution is 2.22. The summed E-state index contributed by atoms with van der Waals surface area (Å²) in [5.74, 6) is 1.63. The van der Waals surface area contributed by atoms with Gasteiger partial charge in [-0.2, -0.15) is 4.63 Å². The number of benzene rings is 1. The molecule has 0 spiro atoms. The third-order valence-corrected chi connectivity index (χ3v) is 5.11. The van der Waals surface area contributed by atoms with Crippen molar-refractivity contribution in [2.75, 3.05) is 6.54 Å². The predicted octanol–water partition coefficient (Wildman–Crippen LogP) is 4.42. The molecule has 7 nitrogen and oxygen atoms in total. The van der Waals surface area contributed by atoms with Crippen molar-refractivity contribution in [2.24, 2.45) is 0 Å². The summed E-state index contributed by atoms with van der Waals surface area (Å²) >= 11 is 7.38. The molecule has 9 heteroatoms. The molecule has 2 N–H and O–H groups in total. The Kier molecular flexibility index (Phi) is 6.64. The molecule has 2 unspecified atom stereocenters. The molecule has 0 radical (unpaired) electrons. The molecule has 0 amide bonds. The van der Waals surface area contributed by atoms with Gasteiger partial charge in [-0.25, -0.2) is 9.71 Å². The van der Waals surface area contributed by atoms with E-state index in [0.29, 0.717) is 17.2 Å². The lowest BCUT2D eigenvalue weighted by atomic mass is 10.2. The van der Waals surface area contributed by atoms with E-state index in [9.17, 15) is 0 Å². The van der Waals surface area contributed by atoms with Crippen LogP contribution in [0.1, 0.15) is 43.3 Å². The summed E-state index contributed by atoms with van der Waals surface area (Å²) in [6.07, 6.45) is 0.411. The first-order chi connectivity index (χ1) is 13.0. The van der Waals surface area contributed by atoms with Crippen molar-refractivity contribution < 1.29 is 8.92 Å². The van der Waals surface area contributed by atoms with Gasteiger partial charge in [-0.05, 0) is 31.5 Å². The second kappa shape index (κ2) is 8.97.